The molecule has 1 aliphatic carbocycles. The smallest absolute Gasteiger partial charge is 0.340 e. The van der Waals surface area contributed by atoms with E-state index in [0.29, 0.717) is 11.8 Å². The molecule has 0 radical (unpaired) electrons. The first-order valence-electron chi connectivity index (χ1n) is 9.00. The van der Waals surface area contributed by atoms with E-state index in [2.05, 4.69) is 10.3 Å². The molecule has 0 aliphatic heterocycles. The number of benzene rings is 2. The molecule has 5 nitrogen and oxygen atoms in total. The fraction of sp³-hybridized carbons (Fsp3) is 0.182. The normalized spacial score (nSPS) is 13.1. The van der Waals surface area contributed by atoms with Crippen molar-refractivity contribution in [2.45, 2.75) is 18.9 Å². The Hall–Kier alpha value is -3.41. The number of carbonyl (C=O) groups excluding carboxylic acids is 1. The highest BCUT2D eigenvalue weighted by Crippen LogP contribution is 2.32. The summed E-state index contributed by atoms with van der Waals surface area (Å²) in [6.45, 7) is 0. The number of ether oxygens (including phenoxy) is 2. The predicted octanol–water partition coefficient (Wildman–Crippen LogP) is 4.96. The highest BCUT2D eigenvalue weighted by atomic mass is 19.1. The van der Waals surface area contributed by atoms with Crippen molar-refractivity contribution in [3.8, 4) is 16.9 Å². The van der Waals surface area contributed by atoms with Crippen LogP contribution in [0.5, 0.6) is 5.75 Å². The first-order valence-corrected chi connectivity index (χ1v) is 9.00. The minimum absolute atomic E-state index is 0.243. The van der Waals surface area contributed by atoms with Crippen LogP contribution in [-0.2, 0) is 4.74 Å². The van der Waals surface area contributed by atoms with Crippen molar-refractivity contribution in [1.29, 1.82) is 0 Å². The lowest BCUT2D eigenvalue weighted by Gasteiger charge is -2.12. The maximum Gasteiger partial charge on any atom is 0.340 e. The highest BCUT2D eigenvalue weighted by molar-refractivity contribution is 5.96. The fourth-order valence-corrected chi connectivity index (χ4v) is 2.85. The van der Waals surface area contributed by atoms with Crippen LogP contribution >= 0.6 is 0 Å². The van der Waals surface area contributed by atoms with E-state index in [1.807, 2.05) is 30.3 Å². The van der Waals surface area contributed by atoms with E-state index in [1.54, 1.807) is 6.07 Å². The second-order valence-electron chi connectivity index (χ2n) is 6.58. The average molecular weight is 378 g/mol. The zero-order valence-electron chi connectivity index (χ0n) is 15.3. The van der Waals surface area contributed by atoms with Gasteiger partial charge in [-0.3, -0.25) is 4.98 Å². The van der Waals surface area contributed by atoms with Crippen molar-refractivity contribution < 1.29 is 18.7 Å². The lowest BCUT2D eigenvalue weighted by Crippen LogP contribution is -2.06. The van der Waals surface area contributed by atoms with Crippen LogP contribution in [0.15, 0.2) is 60.9 Å². The second kappa shape index (κ2) is 7.68. The molecule has 1 aromatic heterocycles. The van der Waals surface area contributed by atoms with Gasteiger partial charge in [0, 0.05) is 6.20 Å². The quantitative estimate of drug-likeness (QED) is 0.615. The molecule has 1 aliphatic rings. The molecule has 1 heterocycles. The minimum Gasteiger partial charge on any atom is -0.490 e. The van der Waals surface area contributed by atoms with Gasteiger partial charge in [0.05, 0.1) is 36.3 Å². The third-order valence-corrected chi connectivity index (χ3v) is 4.46. The van der Waals surface area contributed by atoms with Crippen LogP contribution in [0.2, 0.25) is 0 Å². The Bertz CT molecular complexity index is 1020. The van der Waals surface area contributed by atoms with Crippen molar-refractivity contribution >= 4 is 17.3 Å². The van der Waals surface area contributed by atoms with Gasteiger partial charge in [0.25, 0.3) is 0 Å². The van der Waals surface area contributed by atoms with Gasteiger partial charge in [-0.15, -0.1) is 0 Å². The first kappa shape index (κ1) is 18.0. The lowest BCUT2D eigenvalue weighted by atomic mass is 10.0. The van der Waals surface area contributed by atoms with Gasteiger partial charge in [-0.2, -0.15) is 0 Å². The van der Waals surface area contributed by atoms with Gasteiger partial charge in [-0.1, -0.05) is 18.2 Å². The number of hydrogen-bond donors (Lipinski definition) is 1. The maximum atomic E-state index is 14.7. The number of halogens is 1. The largest absolute Gasteiger partial charge is 0.490 e. The molecule has 4 rings (SSSR count). The zero-order chi connectivity index (χ0) is 19.5. The molecule has 0 atom stereocenters. The molecule has 28 heavy (non-hydrogen) atoms. The molecule has 1 N–H and O–H groups in total. The van der Waals surface area contributed by atoms with Crippen LogP contribution < -0.4 is 10.1 Å². The summed E-state index contributed by atoms with van der Waals surface area (Å²) in [7, 11) is 1.29. The molecule has 0 unspecified atom stereocenters. The molecule has 1 saturated carbocycles. The van der Waals surface area contributed by atoms with Gasteiger partial charge in [-0.05, 0) is 54.3 Å². The third-order valence-electron chi connectivity index (χ3n) is 4.46. The van der Waals surface area contributed by atoms with Gasteiger partial charge in [0.15, 0.2) is 0 Å². The molecule has 142 valence electrons. The SMILES string of the molecule is COC(=O)c1ccncc1Nc1ccc(-c2cccc(OC3CC3)c2)cc1F. The summed E-state index contributed by atoms with van der Waals surface area (Å²) in [5, 5.41) is 2.92. The van der Waals surface area contributed by atoms with Gasteiger partial charge >= 0.3 is 5.97 Å². The minimum atomic E-state index is -0.519. The molecule has 0 saturated heterocycles. The van der Waals surface area contributed by atoms with E-state index in [4.69, 9.17) is 9.47 Å². The van der Waals surface area contributed by atoms with E-state index in [-0.39, 0.29) is 11.3 Å². The summed E-state index contributed by atoms with van der Waals surface area (Å²) >= 11 is 0. The molecular weight excluding hydrogens is 359 g/mol. The fourth-order valence-electron chi connectivity index (χ4n) is 2.85. The van der Waals surface area contributed by atoms with Crippen LogP contribution in [0.4, 0.5) is 15.8 Å². The number of nitrogens with one attached hydrogen (secondary N) is 1. The summed E-state index contributed by atoms with van der Waals surface area (Å²) in [6, 6.07) is 14.1. The summed E-state index contributed by atoms with van der Waals surface area (Å²) in [4.78, 5) is 15.9. The Morgan fingerprint density at radius 1 is 1.11 bits per heavy atom. The number of nitrogens with zero attached hydrogens (tertiary/aromatic N) is 1. The molecule has 0 amide bonds. The van der Waals surface area contributed by atoms with Crippen molar-refractivity contribution in [1.82, 2.24) is 4.98 Å². The topological polar surface area (TPSA) is 60.5 Å². The molecule has 2 aromatic carbocycles. The van der Waals surface area contributed by atoms with E-state index in [0.717, 1.165) is 29.7 Å². The van der Waals surface area contributed by atoms with Crippen LogP contribution in [0.1, 0.15) is 23.2 Å². The third kappa shape index (κ3) is 3.96. The summed E-state index contributed by atoms with van der Waals surface area (Å²) in [5.74, 6) is -0.166. The van der Waals surface area contributed by atoms with E-state index >= 15 is 0 Å². The van der Waals surface area contributed by atoms with Gasteiger partial charge in [-0.25, -0.2) is 9.18 Å². The second-order valence-corrected chi connectivity index (χ2v) is 6.58. The van der Waals surface area contributed by atoms with Crippen LogP contribution in [0, 0.1) is 5.82 Å². The standard InChI is InChI=1S/C22H19FN2O3/c1-27-22(26)18-9-10-24-13-21(18)25-20-8-5-15(12-19(20)23)14-3-2-4-17(11-14)28-16-6-7-16/h2-5,8-13,16,25H,6-7H2,1H3. The van der Waals surface area contributed by atoms with E-state index in [1.165, 1.54) is 31.6 Å². The van der Waals surface area contributed by atoms with Gasteiger partial charge < -0.3 is 14.8 Å². The Morgan fingerprint density at radius 3 is 2.68 bits per heavy atom. The Kier molecular flexibility index (Phi) is 4.93. The number of esters is 1. The lowest BCUT2D eigenvalue weighted by molar-refractivity contribution is 0.0601. The zero-order valence-corrected chi connectivity index (χ0v) is 15.3. The predicted molar refractivity (Wildman–Crippen MR) is 104 cm³/mol. The number of anilines is 2. The van der Waals surface area contributed by atoms with Crippen molar-refractivity contribution in [3.05, 3.63) is 72.3 Å². The number of hydrogen-bond acceptors (Lipinski definition) is 5. The van der Waals surface area contributed by atoms with Gasteiger partial charge in [0.1, 0.15) is 11.6 Å². The average Bonchev–Trinajstić information content (AvgIpc) is 3.53. The summed E-state index contributed by atoms with van der Waals surface area (Å²) in [5.41, 5.74) is 2.52. The van der Waals surface area contributed by atoms with E-state index in [9.17, 15) is 9.18 Å². The van der Waals surface area contributed by atoms with Crippen LogP contribution in [0.3, 0.4) is 0 Å². The maximum absolute atomic E-state index is 14.7. The number of aromatic nitrogens is 1. The van der Waals surface area contributed by atoms with Crippen molar-refractivity contribution in [2.24, 2.45) is 0 Å². The molecule has 0 bridgehead atoms. The molecule has 0 spiro atoms. The van der Waals surface area contributed by atoms with Crippen molar-refractivity contribution in [2.75, 3.05) is 12.4 Å². The summed E-state index contributed by atoms with van der Waals surface area (Å²) in [6.07, 6.45) is 5.41. The van der Waals surface area contributed by atoms with Crippen LogP contribution in [0.25, 0.3) is 11.1 Å². The number of methoxy groups -OCH3 is 1. The summed E-state index contributed by atoms with van der Waals surface area (Å²) < 4.78 is 25.3. The number of pyridine rings is 1. The van der Waals surface area contributed by atoms with Gasteiger partial charge in [0.2, 0.25) is 0 Å². The molecule has 1 fully saturated rings. The Labute approximate surface area is 162 Å². The Balaban J connectivity index is 1.58. The first-order chi connectivity index (χ1) is 13.6. The van der Waals surface area contributed by atoms with E-state index < -0.39 is 11.8 Å². The molecule has 3 aromatic rings. The highest BCUT2D eigenvalue weighted by Gasteiger charge is 2.23. The monoisotopic (exact) mass is 378 g/mol. The number of carbonyl (C=O) groups is 1. The Morgan fingerprint density at radius 2 is 1.93 bits per heavy atom. The molecular formula is C22H19FN2O3. The number of rotatable bonds is 6. The van der Waals surface area contributed by atoms with Crippen LogP contribution in [-0.4, -0.2) is 24.2 Å². The van der Waals surface area contributed by atoms with Crippen molar-refractivity contribution in [3.63, 3.8) is 0 Å². The molecule has 6 heteroatoms.